The van der Waals surface area contributed by atoms with Gasteiger partial charge in [0.15, 0.2) is 0 Å². The molecule has 2 aromatic carbocycles. The van der Waals surface area contributed by atoms with Crippen LogP contribution in [-0.2, 0) is 11.3 Å². The molecule has 1 amide bonds. The highest BCUT2D eigenvalue weighted by Gasteiger charge is 2.15. The molecular weight excluding hydrogens is 346 g/mol. The Morgan fingerprint density at radius 2 is 1.48 bits per heavy atom. The molecular formula is C16H15N3O5S. The predicted octanol–water partition coefficient (Wildman–Crippen LogP) is 3.30. The van der Waals surface area contributed by atoms with E-state index in [1.165, 1.54) is 36.0 Å². The summed E-state index contributed by atoms with van der Waals surface area (Å²) in [6, 6.07) is 11.9. The van der Waals surface area contributed by atoms with Gasteiger partial charge in [-0.15, -0.1) is 11.8 Å². The lowest BCUT2D eigenvalue weighted by Crippen LogP contribution is -2.30. The van der Waals surface area contributed by atoms with E-state index in [0.717, 1.165) is 10.5 Å². The third kappa shape index (κ3) is 5.28. The van der Waals surface area contributed by atoms with Crippen molar-refractivity contribution in [3.05, 3.63) is 74.3 Å². The van der Waals surface area contributed by atoms with E-state index in [9.17, 15) is 25.0 Å². The van der Waals surface area contributed by atoms with Crippen LogP contribution in [0.25, 0.3) is 0 Å². The fourth-order valence-electron chi connectivity index (χ4n) is 1.97. The van der Waals surface area contributed by atoms with Crippen LogP contribution < -0.4 is 5.32 Å². The molecule has 2 aromatic rings. The van der Waals surface area contributed by atoms with E-state index in [4.69, 9.17) is 0 Å². The molecule has 1 unspecified atom stereocenters. The number of amides is 1. The van der Waals surface area contributed by atoms with Crippen molar-refractivity contribution >= 4 is 29.0 Å². The molecule has 25 heavy (non-hydrogen) atoms. The van der Waals surface area contributed by atoms with Crippen LogP contribution in [0.2, 0.25) is 0 Å². The van der Waals surface area contributed by atoms with Crippen LogP contribution in [-0.4, -0.2) is 21.0 Å². The Labute approximate surface area is 147 Å². The molecule has 0 aromatic heterocycles. The number of nitrogens with one attached hydrogen (secondary N) is 1. The van der Waals surface area contributed by atoms with Crippen LogP contribution in [0.5, 0.6) is 0 Å². The number of rotatable bonds is 7. The Kier molecular flexibility index (Phi) is 6.07. The summed E-state index contributed by atoms with van der Waals surface area (Å²) in [4.78, 5) is 33.1. The van der Waals surface area contributed by atoms with Gasteiger partial charge in [-0.05, 0) is 24.6 Å². The summed E-state index contributed by atoms with van der Waals surface area (Å²) in [6.45, 7) is 2.00. The molecule has 0 aliphatic rings. The van der Waals surface area contributed by atoms with Crippen LogP contribution in [0.4, 0.5) is 11.4 Å². The highest BCUT2D eigenvalue weighted by Crippen LogP contribution is 2.25. The van der Waals surface area contributed by atoms with Crippen molar-refractivity contribution in [2.24, 2.45) is 0 Å². The molecule has 9 heteroatoms. The Morgan fingerprint density at radius 3 is 1.96 bits per heavy atom. The molecule has 1 atom stereocenters. The maximum absolute atomic E-state index is 12.1. The minimum Gasteiger partial charge on any atom is -0.351 e. The van der Waals surface area contributed by atoms with Gasteiger partial charge in [-0.3, -0.25) is 25.0 Å². The quantitative estimate of drug-likeness (QED) is 0.459. The molecule has 8 nitrogen and oxygen atoms in total. The highest BCUT2D eigenvalue weighted by molar-refractivity contribution is 8.00. The maximum Gasteiger partial charge on any atom is 0.269 e. The van der Waals surface area contributed by atoms with Crippen molar-refractivity contribution in [3.63, 3.8) is 0 Å². The van der Waals surface area contributed by atoms with E-state index in [-0.39, 0.29) is 29.1 Å². The number of hydrogen-bond acceptors (Lipinski definition) is 6. The van der Waals surface area contributed by atoms with E-state index < -0.39 is 9.85 Å². The number of nitro groups is 2. The number of benzene rings is 2. The summed E-state index contributed by atoms with van der Waals surface area (Å²) < 4.78 is 0. The summed E-state index contributed by atoms with van der Waals surface area (Å²) in [7, 11) is 0. The molecule has 0 radical (unpaired) electrons. The van der Waals surface area contributed by atoms with Crippen molar-refractivity contribution in [1.82, 2.24) is 5.32 Å². The lowest BCUT2D eigenvalue weighted by Gasteiger charge is -2.12. The molecule has 0 bridgehead atoms. The lowest BCUT2D eigenvalue weighted by molar-refractivity contribution is -0.385. The summed E-state index contributed by atoms with van der Waals surface area (Å²) in [5.74, 6) is -0.193. The van der Waals surface area contributed by atoms with Crippen molar-refractivity contribution in [1.29, 1.82) is 0 Å². The standard InChI is InChI=1S/C16H15N3O5S/c1-11(25-15-8-6-14(7-9-15)19(23)24)16(20)17-10-12-2-4-13(5-3-12)18(21)22/h2-9,11H,10H2,1H3,(H,17,20). The molecule has 0 aliphatic carbocycles. The van der Waals surface area contributed by atoms with E-state index in [1.807, 2.05) is 0 Å². The van der Waals surface area contributed by atoms with Gasteiger partial charge in [0, 0.05) is 35.7 Å². The molecule has 0 saturated carbocycles. The number of carbonyl (C=O) groups excluding carboxylic acids is 1. The van der Waals surface area contributed by atoms with Crippen LogP contribution in [0.1, 0.15) is 12.5 Å². The minimum atomic E-state index is -0.481. The maximum atomic E-state index is 12.1. The summed E-state index contributed by atoms with van der Waals surface area (Å²) in [5.41, 5.74) is 0.753. The molecule has 130 valence electrons. The van der Waals surface area contributed by atoms with Crippen LogP contribution >= 0.6 is 11.8 Å². The number of carbonyl (C=O) groups is 1. The first kappa shape index (κ1) is 18.4. The monoisotopic (exact) mass is 361 g/mol. The van der Waals surface area contributed by atoms with E-state index in [0.29, 0.717) is 0 Å². The smallest absolute Gasteiger partial charge is 0.269 e. The van der Waals surface area contributed by atoms with E-state index in [1.54, 1.807) is 31.2 Å². The van der Waals surface area contributed by atoms with Gasteiger partial charge in [-0.2, -0.15) is 0 Å². The van der Waals surface area contributed by atoms with Crippen LogP contribution in [0.3, 0.4) is 0 Å². The Hall–Kier alpha value is -2.94. The van der Waals surface area contributed by atoms with Gasteiger partial charge in [-0.1, -0.05) is 12.1 Å². The topological polar surface area (TPSA) is 115 Å². The SMILES string of the molecule is CC(Sc1ccc([N+](=O)[O-])cc1)C(=O)NCc1ccc([N+](=O)[O-])cc1. The van der Waals surface area contributed by atoms with Gasteiger partial charge in [0.1, 0.15) is 0 Å². The number of nitro benzene ring substituents is 2. The number of nitrogens with zero attached hydrogens (tertiary/aromatic N) is 2. The van der Waals surface area contributed by atoms with Crippen molar-refractivity contribution in [3.8, 4) is 0 Å². The second-order valence-electron chi connectivity index (χ2n) is 5.15. The zero-order chi connectivity index (χ0) is 18.4. The lowest BCUT2D eigenvalue weighted by atomic mass is 10.2. The summed E-state index contributed by atoms with van der Waals surface area (Å²) in [6.07, 6.45) is 0. The van der Waals surface area contributed by atoms with Gasteiger partial charge in [0.25, 0.3) is 11.4 Å². The fourth-order valence-corrected chi connectivity index (χ4v) is 2.86. The molecule has 1 N–H and O–H groups in total. The zero-order valence-electron chi connectivity index (χ0n) is 13.2. The van der Waals surface area contributed by atoms with E-state index >= 15 is 0 Å². The molecule has 0 aliphatic heterocycles. The van der Waals surface area contributed by atoms with Crippen molar-refractivity contribution < 1.29 is 14.6 Å². The molecule has 0 fully saturated rings. The average Bonchev–Trinajstić information content (AvgIpc) is 2.60. The molecule has 0 heterocycles. The number of thioether (sulfide) groups is 1. The normalized spacial score (nSPS) is 11.6. The Morgan fingerprint density at radius 1 is 1.00 bits per heavy atom. The average molecular weight is 361 g/mol. The third-order valence-electron chi connectivity index (χ3n) is 3.34. The van der Waals surface area contributed by atoms with E-state index in [2.05, 4.69) is 5.32 Å². The third-order valence-corrected chi connectivity index (χ3v) is 4.46. The summed E-state index contributed by atoms with van der Waals surface area (Å²) in [5, 5.41) is 23.6. The van der Waals surface area contributed by atoms with Gasteiger partial charge in [0.2, 0.25) is 5.91 Å². The largest absolute Gasteiger partial charge is 0.351 e. The first-order chi connectivity index (χ1) is 11.9. The van der Waals surface area contributed by atoms with Crippen LogP contribution in [0.15, 0.2) is 53.4 Å². The highest BCUT2D eigenvalue weighted by atomic mass is 32.2. The zero-order valence-corrected chi connectivity index (χ0v) is 14.1. The van der Waals surface area contributed by atoms with Gasteiger partial charge >= 0.3 is 0 Å². The Balaban J connectivity index is 1.87. The molecule has 0 saturated heterocycles. The number of non-ortho nitro benzene ring substituents is 2. The van der Waals surface area contributed by atoms with Gasteiger partial charge in [-0.25, -0.2) is 0 Å². The fraction of sp³-hybridized carbons (Fsp3) is 0.188. The van der Waals surface area contributed by atoms with Crippen molar-refractivity contribution in [2.45, 2.75) is 23.6 Å². The molecule has 0 spiro atoms. The van der Waals surface area contributed by atoms with Gasteiger partial charge in [0.05, 0.1) is 15.1 Å². The summed E-state index contributed by atoms with van der Waals surface area (Å²) >= 11 is 1.29. The second kappa shape index (κ2) is 8.25. The number of hydrogen-bond donors (Lipinski definition) is 1. The van der Waals surface area contributed by atoms with Crippen LogP contribution in [0, 0.1) is 20.2 Å². The molecule has 2 rings (SSSR count). The first-order valence-corrected chi connectivity index (χ1v) is 8.17. The Bertz CT molecular complexity index is 777. The second-order valence-corrected chi connectivity index (χ2v) is 6.57. The minimum absolute atomic E-state index is 0.000347. The van der Waals surface area contributed by atoms with Crippen molar-refractivity contribution in [2.75, 3.05) is 0 Å². The first-order valence-electron chi connectivity index (χ1n) is 7.29. The predicted molar refractivity (Wildman–Crippen MR) is 93.4 cm³/mol. The van der Waals surface area contributed by atoms with Gasteiger partial charge < -0.3 is 5.32 Å².